The van der Waals surface area contributed by atoms with Gasteiger partial charge >= 0.3 is 0 Å². The molecule has 0 spiro atoms. The zero-order valence-electron chi connectivity index (χ0n) is 8.16. The number of hydrogen-bond acceptors (Lipinski definition) is 3. The molecule has 13 heavy (non-hydrogen) atoms. The van der Waals surface area contributed by atoms with Crippen molar-refractivity contribution in [1.82, 2.24) is 4.98 Å². The number of ether oxygens (including phenoxy) is 1. The van der Waals surface area contributed by atoms with E-state index in [-0.39, 0.29) is 6.04 Å². The molecular weight excluding hydrogens is 164 g/mol. The van der Waals surface area contributed by atoms with Crippen LogP contribution in [0.25, 0.3) is 0 Å². The van der Waals surface area contributed by atoms with E-state index < -0.39 is 0 Å². The van der Waals surface area contributed by atoms with Gasteiger partial charge in [-0.25, -0.2) is 0 Å². The van der Waals surface area contributed by atoms with Crippen molar-refractivity contribution >= 4 is 0 Å². The summed E-state index contributed by atoms with van der Waals surface area (Å²) in [6.45, 7) is 2.70. The lowest BCUT2D eigenvalue weighted by molar-refractivity contribution is 0.188. The van der Waals surface area contributed by atoms with Gasteiger partial charge in [0.05, 0.1) is 0 Å². The second kappa shape index (κ2) is 4.94. The van der Waals surface area contributed by atoms with Gasteiger partial charge in [-0.3, -0.25) is 4.98 Å². The van der Waals surface area contributed by atoms with Crippen LogP contribution in [0.5, 0.6) is 0 Å². The van der Waals surface area contributed by atoms with Crippen LogP contribution in [0.2, 0.25) is 0 Å². The fourth-order valence-electron chi connectivity index (χ4n) is 1.19. The maximum atomic E-state index is 5.93. The van der Waals surface area contributed by atoms with Gasteiger partial charge in [0, 0.05) is 32.2 Å². The van der Waals surface area contributed by atoms with Gasteiger partial charge in [0.1, 0.15) is 0 Å². The van der Waals surface area contributed by atoms with Gasteiger partial charge in [0.2, 0.25) is 0 Å². The van der Waals surface area contributed by atoms with Crippen molar-refractivity contribution in [3.05, 3.63) is 29.6 Å². The summed E-state index contributed by atoms with van der Waals surface area (Å²) < 4.78 is 4.96. The molecule has 0 saturated carbocycles. The smallest absolute Gasteiger partial charge is 0.0480 e. The fraction of sp³-hybridized carbons (Fsp3) is 0.500. The van der Waals surface area contributed by atoms with Crippen molar-refractivity contribution in [2.75, 3.05) is 13.7 Å². The monoisotopic (exact) mass is 180 g/mol. The van der Waals surface area contributed by atoms with Gasteiger partial charge < -0.3 is 10.5 Å². The van der Waals surface area contributed by atoms with E-state index in [1.54, 1.807) is 7.11 Å². The minimum Gasteiger partial charge on any atom is -0.385 e. The lowest BCUT2D eigenvalue weighted by Gasteiger charge is -2.10. The molecule has 2 N–H and O–H groups in total. The molecule has 0 aromatic carbocycles. The summed E-state index contributed by atoms with van der Waals surface area (Å²) in [5.74, 6) is 0. The Morgan fingerprint density at radius 3 is 2.92 bits per heavy atom. The SMILES string of the molecule is COCCC(N)c1cncc(C)c1. The van der Waals surface area contributed by atoms with Crippen molar-refractivity contribution in [3.63, 3.8) is 0 Å². The summed E-state index contributed by atoms with van der Waals surface area (Å²) in [5.41, 5.74) is 8.15. The zero-order valence-corrected chi connectivity index (χ0v) is 8.16. The average Bonchev–Trinajstić information content (AvgIpc) is 2.14. The van der Waals surface area contributed by atoms with E-state index >= 15 is 0 Å². The highest BCUT2D eigenvalue weighted by Gasteiger charge is 2.05. The Hall–Kier alpha value is -0.930. The van der Waals surface area contributed by atoms with E-state index in [1.165, 1.54) is 0 Å². The second-order valence-electron chi connectivity index (χ2n) is 3.18. The van der Waals surface area contributed by atoms with Gasteiger partial charge in [-0.1, -0.05) is 6.07 Å². The third-order valence-electron chi connectivity index (χ3n) is 1.96. The van der Waals surface area contributed by atoms with E-state index in [0.717, 1.165) is 17.5 Å². The molecule has 1 unspecified atom stereocenters. The Morgan fingerprint density at radius 1 is 1.54 bits per heavy atom. The third-order valence-corrected chi connectivity index (χ3v) is 1.96. The molecule has 1 aromatic rings. The van der Waals surface area contributed by atoms with Gasteiger partial charge in [0.25, 0.3) is 0 Å². The molecule has 3 nitrogen and oxygen atoms in total. The summed E-state index contributed by atoms with van der Waals surface area (Å²) in [6.07, 6.45) is 4.47. The number of rotatable bonds is 4. The highest BCUT2D eigenvalue weighted by molar-refractivity contribution is 5.19. The van der Waals surface area contributed by atoms with E-state index in [1.807, 2.05) is 19.3 Å². The summed E-state index contributed by atoms with van der Waals surface area (Å²) in [5, 5.41) is 0. The van der Waals surface area contributed by atoms with Crippen LogP contribution in [0.15, 0.2) is 18.5 Å². The van der Waals surface area contributed by atoms with Crippen LogP contribution in [-0.2, 0) is 4.74 Å². The summed E-state index contributed by atoms with van der Waals surface area (Å²) in [7, 11) is 1.68. The fourth-order valence-corrected chi connectivity index (χ4v) is 1.19. The van der Waals surface area contributed by atoms with Crippen LogP contribution in [0.3, 0.4) is 0 Å². The van der Waals surface area contributed by atoms with Crippen molar-refractivity contribution in [2.24, 2.45) is 5.73 Å². The van der Waals surface area contributed by atoms with Gasteiger partial charge in [-0.2, -0.15) is 0 Å². The van der Waals surface area contributed by atoms with Gasteiger partial charge in [-0.15, -0.1) is 0 Å². The van der Waals surface area contributed by atoms with Crippen LogP contribution in [-0.4, -0.2) is 18.7 Å². The molecule has 0 aliphatic rings. The highest BCUT2D eigenvalue weighted by Crippen LogP contribution is 2.13. The van der Waals surface area contributed by atoms with E-state index in [0.29, 0.717) is 6.61 Å². The first-order chi connectivity index (χ1) is 6.24. The molecule has 72 valence electrons. The number of aromatic nitrogens is 1. The Morgan fingerprint density at radius 2 is 2.31 bits per heavy atom. The molecule has 1 heterocycles. The van der Waals surface area contributed by atoms with Crippen molar-refractivity contribution < 1.29 is 4.74 Å². The number of hydrogen-bond donors (Lipinski definition) is 1. The van der Waals surface area contributed by atoms with Gasteiger partial charge in [0.15, 0.2) is 0 Å². The molecule has 0 saturated heterocycles. The number of nitrogens with zero attached hydrogens (tertiary/aromatic N) is 1. The molecule has 0 radical (unpaired) electrons. The molecule has 1 rings (SSSR count). The average molecular weight is 180 g/mol. The molecule has 0 bridgehead atoms. The van der Waals surface area contributed by atoms with E-state index in [4.69, 9.17) is 10.5 Å². The largest absolute Gasteiger partial charge is 0.385 e. The van der Waals surface area contributed by atoms with E-state index in [9.17, 15) is 0 Å². The maximum absolute atomic E-state index is 5.93. The Kier molecular flexibility index (Phi) is 3.86. The van der Waals surface area contributed by atoms with Crippen molar-refractivity contribution in [3.8, 4) is 0 Å². The zero-order chi connectivity index (χ0) is 9.68. The second-order valence-corrected chi connectivity index (χ2v) is 3.18. The van der Waals surface area contributed by atoms with Crippen molar-refractivity contribution in [2.45, 2.75) is 19.4 Å². The van der Waals surface area contributed by atoms with Crippen LogP contribution in [0, 0.1) is 6.92 Å². The lowest BCUT2D eigenvalue weighted by atomic mass is 10.1. The number of aryl methyl sites for hydroxylation is 1. The standard InChI is InChI=1S/C10H16N2O/c1-8-5-9(7-12-6-8)10(11)3-4-13-2/h5-7,10H,3-4,11H2,1-2H3. The highest BCUT2D eigenvalue weighted by atomic mass is 16.5. The predicted molar refractivity (Wildman–Crippen MR) is 52.4 cm³/mol. The first kappa shape index (κ1) is 10.2. The molecule has 0 aliphatic heterocycles. The molecule has 0 fully saturated rings. The topological polar surface area (TPSA) is 48.1 Å². The minimum atomic E-state index is 0.0346. The number of nitrogens with two attached hydrogens (primary N) is 1. The summed E-state index contributed by atoms with van der Waals surface area (Å²) in [4.78, 5) is 4.09. The maximum Gasteiger partial charge on any atom is 0.0480 e. The van der Waals surface area contributed by atoms with Crippen LogP contribution in [0.1, 0.15) is 23.6 Å². The Balaban J connectivity index is 2.60. The Labute approximate surface area is 78.9 Å². The summed E-state index contributed by atoms with van der Waals surface area (Å²) in [6, 6.07) is 2.10. The molecule has 0 amide bonds. The normalized spacial score (nSPS) is 12.8. The first-order valence-electron chi connectivity index (χ1n) is 4.40. The van der Waals surface area contributed by atoms with E-state index in [2.05, 4.69) is 11.1 Å². The minimum absolute atomic E-state index is 0.0346. The molecule has 1 atom stereocenters. The quantitative estimate of drug-likeness (QED) is 0.762. The summed E-state index contributed by atoms with van der Waals surface area (Å²) >= 11 is 0. The number of pyridine rings is 1. The van der Waals surface area contributed by atoms with Crippen LogP contribution in [0.4, 0.5) is 0 Å². The van der Waals surface area contributed by atoms with Crippen LogP contribution < -0.4 is 5.73 Å². The first-order valence-corrected chi connectivity index (χ1v) is 4.40. The lowest BCUT2D eigenvalue weighted by Crippen LogP contribution is -2.13. The van der Waals surface area contributed by atoms with Crippen LogP contribution >= 0.6 is 0 Å². The van der Waals surface area contributed by atoms with Crippen molar-refractivity contribution in [1.29, 1.82) is 0 Å². The predicted octanol–water partition coefficient (Wildman–Crippen LogP) is 1.43. The van der Waals surface area contributed by atoms with Gasteiger partial charge in [-0.05, 0) is 24.5 Å². The molecular formula is C10H16N2O. The third kappa shape index (κ3) is 3.13. The number of methoxy groups -OCH3 is 1. The Bertz CT molecular complexity index is 263. The molecule has 1 aromatic heterocycles. The molecule has 0 aliphatic carbocycles. The molecule has 3 heteroatoms.